The number of carbonyl (C=O) groups is 1. The van der Waals surface area contributed by atoms with Gasteiger partial charge in [0.05, 0.1) is 12.0 Å². The number of nitrogens with two attached hydrogens (primary N) is 1. The van der Waals surface area contributed by atoms with E-state index in [4.69, 9.17) is 10.5 Å². The van der Waals surface area contributed by atoms with Gasteiger partial charge in [0.1, 0.15) is 0 Å². The lowest BCUT2D eigenvalue weighted by molar-refractivity contribution is -0.137. The van der Waals surface area contributed by atoms with E-state index in [9.17, 15) is 4.79 Å². The Kier molecular flexibility index (Phi) is 5.77. The molecular formula is C12H24N2O2. The molecule has 0 aromatic carbocycles. The summed E-state index contributed by atoms with van der Waals surface area (Å²) in [5, 5.41) is 0. The zero-order valence-corrected chi connectivity index (χ0v) is 10.4. The van der Waals surface area contributed by atoms with Gasteiger partial charge < -0.3 is 15.4 Å². The van der Waals surface area contributed by atoms with Crippen molar-refractivity contribution < 1.29 is 9.53 Å². The minimum absolute atomic E-state index is 0.00337. The zero-order chi connectivity index (χ0) is 12.0. The van der Waals surface area contributed by atoms with Crippen molar-refractivity contribution in [3.63, 3.8) is 0 Å². The van der Waals surface area contributed by atoms with Crippen LogP contribution in [0.15, 0.2) is 0 Å². The summed E-state index contributed by atoms with van der Waals surface area (Å²) in [4.78, 5) is 14.0. The lowest BCUT2D eigenvalue weighted by Gasteiger charge is -2.33. The molecule has 0 aliphatic carbocycles. The van der Waals surface area contributed by atoms with E-state index in [1.165, 1.54) is 0 Å². The monoisotopic (exact) mass is 228 g/mol. The van der Waals surface area contributed by atoms with Crippen LogP contribution in [0.3, 0.4) is 0 Å². The lowest BCUT2D eigenvalue weighted by Crippen LogP contribution is -2.45. The van der Waals surface area contributed by atoms with Crippen LogP contribution in [-0.2, 0) is 9.53 Å². The van der Waals surface area contributed by atoms with Crippen LogP contribution in [0.4, 0.5) is 0 Å². The van der Waals surface area contributed by atoms with E-state index >= 15 is 0 Å². The van der Waals surface area contributed by atoms with Crippen LogP contribution in [0.25, 0.3) is 0 Å². The van der Waals surface area contributed by atoms with Crippen LogP contribution in [0.2, 0.25) is 0 Å². The number of rotatable bonds is 5. The number of likely N-dealkylation sites (tertiary alicyclic amines) is 1. The van der Waals surface area contributed by atoms with Crippen LogP contribution in [0.1, 0.15) is 33.1 Å². The van der Waals surface area contributed by atoms with Gasteiger partial charge in [0.2, 0.25) is 5.91 Å². The van der Waals surface area contributed by atoms with Crippen LogP contribution in [0.5, 0.6) is 0 Å². The molecule has 0 aromatic rings. The van der Waals surface area contributed by atoms with Gasteiger partial charge in [0, 0.05) is 26.2 Å². The van der Waals surface area contributed by atoms with E-state index in [-0.39, 0.29) is 11.8 Å². The Labute approximate surface area is 98.1 Å². The van der Waals surface area contributed by atoms with Gasteiger partial charge in [0.25, 0.3) is 0 Å². The summed E-state index contributed by atoms with van der Waals surface area (Å²) in [6.07, 6.45) is 3.09. The maximum absolute atomic E-state index is 12.0. The number of carbonyl (C=O) groups excluding carboxylic acids is 1. The molecule has 16 heavy (non-hydrogen) atoms. The number of piperidine rings is 1. The molecule has 2 N–H and O–H groups in total. The largest absolute Gasteiger partial charge is 0.378 e. The summed E-state index contributed by atoms with van der Waals surface area (Å²) in [7, 11) is 0. The molecule has 1 atom stereocenters. The quantitative estimate of drug-likeness (QED) is 0.763. The fourth-order valence-electron chi connectivity index (χ4n) is 2.18. The Morgan fingerprint density at radius 3 is 2.50 bits per heavy atom. The second kappa shape index (κ2) is 6.86. The van der Waals surface area contributed by atoms with E-state index in [1.807, 2.05) is 18.7 Å². The number of nitrogens with zero attached hydrogens (tertiary/aromatic N) is 1. The molecule has 1 aliphatic rings. The first-order valence-corrected chi connectivity index (χ1v) is 6.33. The van der Waals surface area contributed by atoms with E-state index in [1.54, 1.807) is 0 Å². The second-order valence-electron chi connectivity index (χ2n) is 4.32. The van der Waals surface area contributed by atoms with Gasteiger partial charge >= 0.3 is 0 Å². The summed E-state index contributed by atoms with van der Waals surface area (Å²) in [6, 6.07) is 0. The summed E-state index contributed by atoms with van der Waals surface area (Å²) < 4.78 is 5.56. The molecule has 1 unspecified atom stereocenters. The topological polar surface area (TPSA) is 55.6 Å². The normalized spacial score (nSPS) is 19.8. The highest BCUT2D eigenvalue weighted by Gasteiger charge is 2.26. The van der Waals surface area contributed by atoms with E-state index in [0.717, 1.165) is 39.0 Å². The van der Waals surface area contributed by atoms with Crippen molar-refractivity contribution in [2.75, 3.05) is 26.2 Å². The van der Waals surface area contributed by atoms with E-state index in [0.29, 0.717) is 12.6 Å². The predicted molar refractivity (Wildman–Crippen MR) is 64.1 cm³/mol. The summed E-state index contributed by atoms with van der Waals surface area (Å²) in [5.41, 5.74) is 5.59. The zero-order valence-electron chi connectivity index (χ0n) is 10.4. The van der Waals surface area contributed by atoms with Crippen molar-refractivity contribution in [1.29, 1.82) is 0 Å². The molecule has 0 bridgehead atoms. The molecule has 0 saturated carbocycles. The van der Waals surface area contributed by atoms with Gasteiger partial charge in [0.15, 0.2) is 0 Å². The van der Waals surface area contributed by atoms with E-state index in [2.05, 4.69) is 0 Å². The Morgan fingerprint density at radius 1 is 1.44 bits per heavy atom. The van der Waals surface area contributed by atoms with Crippen LogP contribution < -0.4 is 5.73 Å². The molecule has 0 spiro atoms. The van der Waals surface area contributed by atoms with Crippen LogP contribution in [0, 0.1) is 5.92 Å². The first kappa shape index (κ1) is 13.5. The Balaban J connectivity index is 2.38. The molecule has 1 saturated heterocycles. The molecule has 0 aromatic heterocycles. The minimum Gasteiger partial charge on any atom is -0.378 e. The van der Waals surface area contributed by atoms with Crippen molar-refractivity contribution in [2.45, 2.75) is 39.2 Å². The SMILES string of the molecule is CCOC1CCN(C(=O)C(CC)CN)CC1. The molecule has 1 rings (SSSR count). The molecule has 4 nitrogen and oxygen atoms in total. The van der Waals surface area contributed by atoms with Crippen molar-refractivity contribution >= 4 is 5.91 Å². The molecular weight excluding hydrogens is 204 g/mol. The van der Waals surface area contributed by atoms with Gasteiger partial charge in [-0.25, -0.2) is 0 Å². The average molecular weight is 228 g/mol. The van der Waals surface area contributed by atoms with Crippen molar-refractivity contribution in [1.82, 2.24) is 4.90 Å². The third-order valence-corrected chi connectivity index (χ3v) is 3.28. The fourth-order valence-corrected chi connectivity index (χ4v) is 2.18. The van der Waals surface area contributed by atoms with Gasteiger partial charge in [-0.3, -0.25) is 4.79 Å². The molecule has 1 aliphatic heterocycles. The van der Waals surface area contributed by atoms with Crippen molar-refractivity contribution in [3.8, 4) is 0 Å². The molecule has 1 amide bonds. The highest BCUT2D eigenvalue weighted by molar-refractivity contribution is 5.79. The van der Waals surface area contributed by atoms with Crippen molar-refractivity contribution in [3.05, 3.63) is 0 Å². The van der Waals surface area contributed by atoms with Gasteiger partial charge in [-0.05, 0) is 26.2 Å². The smallest absolute Gasteiger partial charge is 0.226 e. The summed E-state index contributed by atoms with van der Waals surface area (Å²) >= 11 is 0. The predicted octanol–water partition coefficient (Wildman–Crippen LogP) is 0.999. The molecule has 1 fully saturated rings. The highest BCUT2D eigenvalue weighted by atomic mass is 16.5. The molecule has 1 heterocycles. The van der Waals surface area contributed by atoms with Gasteiger partial charge in [-0.15, -0.1) is 0 Å². The van der Waals surface area contributed by atoms with Gasteiger partial charge in [-0.1, -0.05) is 6.92 Å². The highest BCUT2D eigenvalue weighted by Crippen LogP contribution is 2.16. The third kappa shape index (κ3) is 3.46. The van der Waals surface area contributed by atoms with Crippen molar-refractivity contribution in [2.24, 2.45) is 11.7 Å². The van der Waals surface area contributed by atoms with E-state index < -0.39 is 0 Å². The number of hydrogen-bond donors (Lipinski definition) is 1. The number of hydrogen-bond acceptors (Lipinski definition) is 3. The molecule has 4 heteroatoms. The second-order valence-corrected chi connectivity index (χ2v) is 4.32. The maximum atomic E-state index is 12.0. The number of ether oxygens (including phenoxy) is 1. The molecule has 94 valence electrons. The Hall–Kier alpha value is -0.610. The standard InChI is InChI=1S/C12H24N2O2/c1-3-10(9-13)12(15)14-7-5-11(6-8-14)16-4-2/h10-11H,3-9,13H2,1-2H3. The summed E-state index contributed by atoms with van der Waals surface area (Å²) in [6.45, 7) is 6.89. The maximum Gasteiger partial charge on any atom is 0.226 e. The first-order valence-electron chi connectivity index (χ1n) is 6.33. The molecule has 0 radical (unpaired) electrons. The summed E-state index contributed by atoms with van der Waals surface area (Å²) in [5.74, 6) is 0.226. The van der Waals surface area contributed by atoms with Gasteiger partial charge in [-0.2, -0.15) is 0 Å². The van der Waals surface area contributed by atoms with Crippen LogP contribution >= 0.6 is 0 Å². The average Bonchev–Trinajstić information content (AvgIpc) is 2.32. The fraction of sp³-hybridized carbons (Fsp3) is 0.917. The Morgan fingerprint density at radius 2 is 2.06 bits per heavy atom. The van der Waals surface area contributed by atoms with Crippen LogP contribution in [-0.4, -0.2) is 43.2 Å². The number of amides is 1. The lowest BCUT2D eigenvalue weighted by atomic mass is 10.0. The Bertz CT molecular complexity index is 209. The first-order chi connectivity index (χ1) is 7.72. The minimum atomic E-state index is 0.00337. The third-order valence-electron chi connectivity index (χ3n) is 3.28.